The lowest BCUT2D eigenvalue weighted by Gasteiger charge is -2.32. The van der Waals surface area contributed by atoms with Crippen LogP contribution in [0.15, 0.2) is 12.2 Å². The maximum Gasteiger partial charge on any atom is 0.308 e. The summed E-state index contributed by atoms with van der Waals surface area (Å²) in [6.07, 6.45) is 0.552. The average Bonchev–Trinajstić information content (AvgIpc) is 1.81. The predicted octanol–water partition coefficient (Wildman–Crippen LogP) is -0.0256. The van der Waals surface area contributed by atoms with Gasteiger partial charge in [0.1, 0.15) is 0 Å². The molecule has 3 nitrogen and oxygen atoms in total. The van der Waals surface area contributed by atoms with E-state index in [1.165, 1.54) is 0 Å². The van der Waals surface area contributed by atoms with Crippen LogP contribution in [0, 0.1) is 5.92 Å². The van der Waals surface area contributed by atoms with Crippen molar-refractivity contribution in [3.05, 3.63) is 12.2 Å². The van der Waals surface area contributed by atoms with Crippen molar-refractivity contribution in [1.29, 1.82) is 0 Å². The number of nitrogens with two attached hydrogens (primary N) is 1. The van der Waals surface area contributed by atoms with Crippen LogP contribution in [-0.2, 0) is 4.79 Å². The van der Waals surface area contributed by atoms with Gasteiger partial charge in [0.15, 0.2) is 0 Å². The molecule has 3 N–H and O–H groups in total. The predicted molar refractivity (Wildman–Crippen MR) is 32.9 cm³/mol. The zero-order valence-corrected chi connectivity index (χ0v) is 5.00. The van der Waals surface area contributed by atoms with Gasteiger partial charge in [-0.1, -0.05) is 12.2 Å². The van der Waals surface area contributed by atoms with Crippen molar-refractivity contribution in [3.63, 3.8) is 0 Å². The van der Waals surface area contributed by atoms with Crippen LogP contribution in [0.4, 0.5) is 0 Å². The lowest BCUT2D eigenvalue weighted by Crippen LogP contribution is -2.45. The van der Waals surface area contributed by atoms with Crippen molar-refractivity contribution in [2.75, 3.05) is 0 Å². The van der Waals surface area contributed by atoms with Gasteiger partial charge in [-0.25, -0.2) is 0 Å². The lowest BCUT2D eigenvalue weighted by molar-refractivity contribution is -0.143. The third-order valence-electron chi connectivity index (χ3n) is 1.70. The second kappa shape index (κ2) is 1.84. The van der Waals surface area contributed by atoms with Crippen molar-refractivity contribution in [3.8, 4) is 0 Å². The monoisotopic (exact) mass is 127 g/mol. The summed E-state index contributed by atoms with van der Waals surface area (Å²) in [6.45, 7) is 3.59. The van der Waals surface area contributed by atoms with Crippen LogP contribution in [0.1, 0.15) is 6.42 Å². The summed E-state index contributed by atoms with van der Waals surface area (Å²) in [5.74, 6) is -1.19. The fraction of sp³-hybridized carbons (Fsp3) is 0.500. The summed E-state index contributed by atoms with van der Waals surface area (Å²) < 4.78 is 0. The van der Waals surface area contributed by atoms with Crippen LogP contribution >= 0.6 is 0 Å². The molecule has 3 heteroatoms. The van der Waals surface area contributed by atoms with Gasteiger partial charge in [-0.2, -0.15) is 0 Å². The molecule has 1 rings (SSSR count). The second-order valence-electron chi connectivity index (χ2n) is 2.33. The molecule has 1 saturated carbocycles. The SMILES string of the molecule is C=C1C[C@@H](C(=O)O)[C@H]1N. The summed E-state index contributed by atoms with van der Waals surface area (Å²) in [5, 5.41) is 8.40. The molecule has 0 aromatic heterocycles. The molecule has 1 aliphatic rings. The first-order chi connectivity index (χ1) is 4.13. The maximum atomic E-state index is 10.2. The maximum absolute atomic E-state index is 10.2. The minimum atomic E-state index is -0.810. The van der Waals surface area contributed by atoms with Gasteiger partial charge in [-0.3, -0.25) is 4.79 Å². The van der Waals surface area contributed by atoms with Crippen LogP contribution in [0.3, 0.4) is 0 Å². The number of rotatable bonds is 1. The van der Waals surface area contributed by atoms with Gasteiger partial charge in [0.25, 0.3) is 0 Å². The van der Waals surface area contributed by atoms with Crippen molar-refractivity contribution in [2.24, 2.45) is 11.7 Å². The van der Waals surface area contributed by atoms with Gasteiger partial charge in [-0.05, 0) is 6.42 Å². The fourth-order valence-electron chi connectivity index (χ4n) is 0.910. The minimum absolute atomic E-state index is 0.303. The first-order valence-corrected chi connectivity index (χ1v) is 2.79. The van der Waals surface area contributed by atoms with E-state index < -0.39 is 5.97 Å². The van der Waals surface area contributed by atoms with Crippen molar-refractivity contribution in [1.82, 2.24) is 0 Å². The summed E-state index contributed by atoms with van der Waals surface area (Å²) >= 11 is 0. The number of carboxylic acids is 1. The molecule has 0 aliphatic heterocycles. The number of aliphatic carboxylic acids is 1. The smallest absolute Gasteiger partial charge is 0.308 e. The van der Waals surface area contributed by atoms with Gasteiger partial charge in [0.2, 0.25) is 0 Å². The number of carboxylic acid groups (broad SMARTS) is 1. The van der Waals surface area contributed by atoms with E-state index in [0.717, 1.165) is 5.57 Å². The van der Waals surface area contributed by atoms with E-state index in [9.17, 15) is 4.79 Å². The first kappa shape index (κ1) is 6.29. The van der Waals surface area contributed by atoms with Gasteiger partial charge >= 0.3 is 5.97 Å². The Bertz CT molecular complexity index is 164. The van der Waals surface area contributed by atoms with Crippen LogP contribution in [-0.4, -0.2) is 17.1 Å². The van der Waals surface area contributed by atoms with E-state index in [1.807, 2.05) is 0 Å². The normalized spacial score (nSPS) is 33.7. The zero-order valence-electron chi connectivity index (χ0n) is 5.00. The summed E-state index contributed by atoms with van der Waals surface area (Å²) in [4.78, 5) is 10.2. The number of carbonyl (C=O) groups is 1. The molecule has 0 spiro atoms. The van der Waals surface area contributed by atoms with E-state index in [0.29, 0.717) is 6.42 Å². The fourth-order valence-corrected chi connectivity index (χ4v) is 0.910. The van der Waals surface area contributed by atoms with E-state index in [2.05, 4.69) is 6.58 Å². The molecule has 9 heavy (non-hydrogen) atoms. The van der Waals surface area contributed by atoms with Crippen molar-refractivity contribution >= 4 is 5.97 Å². The molecular formula is C6H9NO2. The van der Waals surface area contributed by atoms with Crippen LogP contribution in [0.5, 0.6) is 0 Å². The van der Waals surface area contributed by atoms with E-state index in [1.54, 1.807) is 0 Å². The summed E-state index contributed by atoms with van der Waals surface area (Å²) in [7, 11) is 0. The Hall–Kier alpha value is -0.830. The van der Waals surface area contributed by atoms with E-state index in [-0.39, 0.29) is 12.0 Å². The Morgan fingerprint density at radius 1 is 1.89 bits per heavy atom. The standard InChI is InChI=1S/C6H9NO2/c1-3-2-4(5(3)7)6(8)9/h4-5H,1-2,7H2,(H,8,9)/t4-,5+/m1/s1. The summed E-state index contributed by atoms with van der Waals surface area (Å²) in [6, 6.07) is -0.303. The van der Waals surface area contributed by atoms with E-state index >= 15 is 0 Å². The molecule has 0 aromatic carbocycles. The van der Waals surface area contributed by atoms with E-state index in [4.69, 9.17) is 10.8 Å². The second-order valence-corrected chi connectivity index (χ2v) is 2.33. The molecule has 1 fully saturated rings. The minimum Gasteiger partial charge on any atom is -0.481 e. The Morgan fingerprint density at radius 3 is 2.56 bits per heavy atom. The third kappa shape index (κ3) is 0.833. The molecule has 2 atom stereocenters. The zero-order chi connectivity index (χ0) is 7.02. The molecule has 0 bridgehead atoms. The highest BCUT2D eigenvalue weighted by Crippen LogP contribution is 2.30. The highest BCUT2D eigenvalue weighted by atomic mass is 16.4. The van der Waals surface area contributed by atoms with Gasteiger partial charge in [0.05, 0.1) is 5.92 Å². The largest absolute Gasteiger partial charge is 0.481 e. The molecule has 0 aromatic rings. The number of hydrogen-bond donors (Lipinski definition) is 2. The average molecular weight is 127 g/mol. The van der Waals surface area contributed by atoms with Crippen LogP contribution in [0.2, 0.25) is 0 Å². The van der Waals surface area contributed by atoms with Crippen LogP contribution in [0.25, 0.3) is 0 Å². The molecule has 0 radical (unpaired) electrons. The quantitative estimate of drug-likeness (QED) is 0.486. The Kier molecular flexibility index (Phi) is 1.29. The molecule has 1 aliphatic carbocycles. The Labute approximate surface area is 53.2 Å². The topological polar surface area (TPSA) is 63.3 Å². The summed E-state index contributed by atoms with van der Waals surface area (Å²) in [5.41, 5.74) is 6.24. The van der Waals surface area contributed by atoms with Gasteiger partial charge < -0.3 is 10.8 Å². The van der Waals surface area contributed by atoms with Crippen molar-refractivity contribution < 1.29 is 9.90 Å². The lowest BCUT2D eigenvalue weighted by atomic mass is 9.76. The molecule has 0 amide bonds. The van der Waals surface area contributed by atoms with Crippen LogP contribution < -0.4 is 5.73 Å². The highest BCUT2D eigenvalue weighted by molar-refractivity contribution is 5.74. The molecular weight excluding hydrogens is 118 g/mol. The Balaban J connectivity index is 2.51. The van der Waals surface area contributed by atoms with Crippen molar-refractivity contribution in [2.45, 2.75) is 12.5 Å². The third-order valence-corrected chi connectivity index (χ3v) is 1.70. The molecule has 50 valence electrons. The molecule has 0 unspecified atom stereocenters. The number of hydrogen-bond acceptors (Lipinski definition) is 2. The molecule has 0 saturated heterocycles. The molecule has 0 heterocycles. The first-order valence-electron chi connectivity index (χ1n) is 2.79. The highest BCUT2D eigenvalue weighted by Gasteiger charge is 2.36. The van der Waals surface area contributed by atoms with Gasteiger partial charge in [0, 0.05) is 6.04 Å². The Morgan fingerprint density at radius 2 is 2.44 bits per heavy atom. The van der Waals surface area contributed by atoms with Gasteiger partial charge in [-0.15, -0.1) is 0 Å².